The third-order valence-electron chi connectivity index (χ3n) is 4.32. The van der Waals surface area contributed by atoms with Crippen molar-refractivity contribution in [3.8, 4) is 0 Å². The quantitative estimate of drug-likeness (QED) is 0.799. The lowest BCUT2D eigenvalue weighted by Gasteiger charge is -2.29. The first-order valence-corrected chi connectivity index (χ1v) is 7.35. The number of hydroxylamine groups is 2. The van der Waals surface area contributed by atoms with E-state index in [1.807, 2.05) is 25.1 Å². The molecule has 1 heterocycles. The summed E-state index contributed by atoms with van der Waals surface area (Å²) in [6.45, 7) is 1.95. The van der Waals surface area contributed by atoms with Crippen molar-refractivity contribution in [2.45, 2.75) is 19.3 Å². The molecule has 0 fully saturated rings. The third kappa shape index (κ3) is 1.97. The van der Waals surface area contributed by atoms with Gasteiger partial charge in [-0.05, 0) is 36.6 Å². The van der Waals surface area contributed by atoms with Gasteiger partial charge in [0.2, 0.25) is 0 Å². The smallest absolute Gasteiger partial charge is 0.329 e. The highest BCUT2D eigenvalue weighted by atomic mass is 16.7. The van der Waals surface area contributed by atoms with Crippen LogP contribution in [0.3, 0.4) is 0 Å². The Morgan fingerprint density at radius 3 is 2.39 bits per heavy atom. The predicted molar refractivity (Wildman–Crippen MR) is 80.7 cm³/mol. The average molecular weight is 307 g/mol. The molecule has 0 spiro atoms. The Morgan fingerprint density at radius 2 is 1.74 bits per heavy atom. The van der Waals surface area contributed by atoms with Crippen molar-refractivity contribution in [2.75, 3.05) is 0 Å². The molecule has 114 valence electrons. The minimum atomic E-state index is -0.595. The van der Waals surface area contributed by atoms with E-state index in [2.05, 4.69) is 0 Å². The first-order chi connectivity index (χ1) is 11.1. The van der Waals surface area contributed by atoms with Crippen LogP contribution in [0, 0.1) is 6.92 Å². The molecule has 0 bridgehead atoms. The van der Waals surface area contributed by atoms with Gasteiger partial charge in [-0.1, -0.05) is 41.0 Å². The summed E-state index contributed by atoms with van der Waals surface area (Å²) < 4.78 is 0. The van der Waals surface area contributed by atoms with Crippen LogP contribution in [0.2, 0.25) is 0 Å². The number of amides is 2. The fourth-order valence-corrected chi connectivity index (χ4v) is 3.04. The van der Waals surface area contributed by atoms with E-state index < -0.39 is 23.7 Å². The van der Waals surface area contributed by atoms with Crippen molar-refractivity contribution in [3.05, 3.63) is 70.3 Å². The second-order valence-corrected chi connectivity index (χ2v) is 5.82. The number of hydrogen-bond acceptors (Lipinski definition) is 4. The molecule has 2 aliphatic rings. The number of aryl methyl sites for hydroxylation is 1. The fourth-order valence-electron chi connectivity index (χ4n) is 3.04. The van der Waals surface area contributed by atoms with Crippen LogP contribution in [0.1, 0.15) is 43.3 Å². The number of fused-ring (bicyclic) bond motifs is 2. The van der Waals surface area contributed by atoms with Crippen molar-refractivity contribution in [1.29, 1.82) is 0 Å². The molecule has 2 aromatic rings. The molecule has 1 unspecified atom stereocenters. The summed E-state index contributed by atoms with van der Waals surface area (Å²) in [7, 11) is 0. The number of benzene rings is 2. The predicted octanol–water partition coefficient (Wildman–Crippen LogP) is 2.39. The van der Waals surface area contributed by atoms with E-state index in [1.165, 1.54) is 0 Å². The largest absolute Gasteiger partial charge is 0.340 e. The highest BCUT2D eigenvalue weighted by Gasteiger charge is 2.42. The number of carbonyl (C=O) groups excluding carboxylic acids is 3. The first kappa shape index (κ1) is 13.7. The minimum Gasteiger partial charge on any atom is -0.329 e. The van der Waals surface area contributed by atoms with E-state index in [1.54, 1.807) is 24.3 Å². The van der Waals surface area contributed by atoms with Gasteiger partial charge in [-0.25, -0.2) is 4.79 Å². The standard InChI is InChI=1S/C18H13NO4/c1-10-6-7-11-9-15(14(11)8-10)18(22)23-19-16(20)12-4-2-3-5-13(12)17(19)21/h2-8,15H,9H2,1H3. The van der Waals surface area contributed by atoms with E-state index in [0.717, 1.165) is 16.7 Å². The van der Waals surface area contributed by atoms with Gasteiger partial charge in [-0.15, -0.1) is 0 Å². The van der Waals surface area contributed by atoms with Crippen LogP contribution in [0.15, 0.2) is 42.5 Å². The van der Waals surface area contributed by atoms with E-state index in [4.69, 9.17) is 4.84 Å². The Hall–Kier alpha value is -2.95. The number of imide groups is 1. The molecule has 0 saturated carbocycles. The number of nitrogens with zero attached hydrogens (tertiary/aromatic N) is 1. The first-order valence-electron chi connectivity index (χ1n) is 7.35. The summed E-state index contributed by atoms with van der Waals surface area (Å²) in [5.41, 5.74) is 3.58. The van der Waals surface area contributed by atoms with Crippen LogP contribution >= 0.6 is 0 Å². The molecule has 1 atom stereocenters. The molecule has 1 aliphatic carbocycles. The van der Waals surface area contributed by atoms with Crippen molar-refractivity contribution in [3.63, 3.8) is 0 Å². The molecular weight excluding hydrogens is 294 g/mol. The van der Waals surface area contributed by atoms with Crippen molar-refractivity contribution in [2.24, 2.45) is 0 Å². The van der Waals surface area contributed by atoms with Gasteiger partial charge in [0.1, 0.15) is 0 Å². The van der Waals surface area contributed by atoms with Gasteiger partial charge in [-0.3, -0.25) is 9.59 Å². The van der Waals surface area contributed by atoms with Gasteiger partial charge in [0.05, 0.1) is 17.0 Å². The minimum absolute atomic E-state index is 0.259. The van der Waals surface area contributed by atoms with Crippen molar-refractivity contribution < 1.29 is 19.2 Å². The second kappa shape index (κ2) is 4.78. The Bertz CT molecular complexity index is 836. The molecule has 2 aromatic carbocycles. The Morgan fingerprint density at radius 1 is 1.09 bits per heavy atom. The second-order valence-electron chi connectivity index (χ2n) is 5.82. The lowest BCUT2D eigenvalue weighted by atomic mass is 9.77. The van der Waals surface area contributed by atoms with Gasteiger partial charge < -0.3 is 4.84 Å². The van der Waals surface area contributed by atoms with Gasteiger partial charge in [0, 0.05) is 0 Å². The fraction of sp³-hybridized carbons (Fsp3) is 0.167. The third-order valence-corrected chi connectivity index (χ3v) is 4.32. The molecule has 0 aromatic heterocycles. The monoisotopic (exact) mass is 307 g/mol. The molecule has 0 N–H and O–H groups in total. The van der Waals surface area contributed by atoms with Gasteiger partial charge in [-0.2, -0.15) is 0 Å². The Balaban J connectivity index is 1.55. The summed E-state index contributed by atoms with van der Waals surface area (Å²) in [5, 5.41) is 0.570. The molecule has 23 heavy (non-hydrogen) atoms. The van der Waals surface area contributed by atoms with E-state index >= 15 is 0 Å². The van der Waals surface area contributed by atoms with Gasteiger partial charge >= 0.3 is 5.97 Å². The molecule has 5 nitrogen and oxygen atoms in total. The highest BCUT2D eigenvalue weighted by Crippen LogP contribution is 2.37. The molecule has 0 radical (unpaired) electrons. The maximum absolute atomic E-state index is 12.3. The number of rotatable bonds is 2. The van der Waals surface area contributed by atoms with E-state index in [-0.39, 0.29) is 11.1 Å². The number of hydrogen-bond donors (Lipinski definition) is 0. The van der Waals surface area contributed by atoms with Gasteiger partial charge in [0.25, 0.3) is 11.8 Å². The molecule has 2 amide bonds. The maximum atomic E-state index is 12.3. The van der Waals surface area contributed by atoms with Crippen LogP contribution in [0.4, 0.5) is 0 Å². The zero-order chi connectivity index (χ0) is 16.1. The summed E-state index contributed by atoms with van der Waals surface area (Å²) >= 11 is 0. The topological polar surface area (TPSA) is 63.7 Å². The zero-order valence-electron chi connectivity index (χ0n) is 12.4. The SMILES string of the molecule is Cc1ccc2c(c1)C(C(=O)ON1C(=O)c3ccccc3C1=O)C2. The Labute approximate surface area is 132 Å². The molecule has 0 saturated heterocycles. The molecule has 4 rings (SSSR count). The summed E-state index contributed by atoms with van der Waals surface area (Å²) in [5.74, 6) is -2.18. The van der Waals surface area contributed by atoms with Crippen LogP contribution in [-0.2, 0) is 16.1 Å². The average Bonchev–Trinajstić information content (AvgIpc) is 2.76. The van der Waals surface area contributed by atoms with Crippen LogP contribution in [0.5, 0.6) is 0 Å². The van der Waals surface area contributed by atoms with Crippen LogP contribution < -0.4 is 0 Å². The van der Waals surface area contributed by atoms with Crippen LogP contribution in [0.25, 0.3) is 0 Å². The van der Waals surface area contributed by atoms with Crippen molar-refractivity contribution in [1.82, 2.24) is 5.06 Å². The Kier molecular flexibility index (Phi) is 2.84. The summed E-state index contributed by atoms with van der Waals surface area (Å²) in [6, 6.07) is 12.3. The maximum Gasteiger partial charge on any atom is 0.340 e. The summed E-state index contributed by atoms with van der Waals surface area (Å²) in [4.78, 5) is 41.8. The highest BCUT2D eigenvalue weighted by molar-refractivity contribution is 6.20. The summed E-state index contributed by atoms with van der Waals surface area (Å²) in [6.07, 6.45) is 0.567. The van der Waals surface area contributed by atoms with Crippen LogP contribution in [-0.4, -0.2) is 22.8 Å². The zero-order valence-corrected chi connectivity index (χ0v) is 12.4. The number of carbonyl (C=O) groups is 3. The van der Waals surface area contributed by atoms with Crippen molar-refractivity contribution >= 4 is 17.8 Å². The molecular formula is C18H13NO4. The normalized spacial score (nSPS) is 18.3. The van der Waals surface area contributed by atoms with E-state index in [0.29, 0.717) is 11.5 Å². The molecule has 1 aliphatic heterocycles. The lowest BCUT2D eigenvalue weighted by molar-refractivity contribution is -0.171. The molecule has 5 heteroatoms. The van der Waals surface area contributed by atoms with Gasteiger partial charge in [0.15, 0.2) is 0 Å². The van der Waals surface area contributed by atoms with E-state index in [9.17, 15) is 14.4 Å². The lowest BCUT2D eigenvalue weighted by Crippen LogP contribution is -2.37.